The average Bonchev–Trinajstić information content (AvgIpc) is 3.45. The molecule has 2 aromatic carbocycles. The maximum absolute atomic E-state index is 13.2. The number of ether oxygens (including phenoxy) is 1. The third kappa shape index (κ3) is 4.56. The molecule has 1 unspecified atom stereocenters. The van der Waals surface area contributed by atoms with Crippen molar-refractivity contribution in [2.24, 2.45) is 0 Å². The summed E-state index contributed by atoms with van der Waals surface area (Å²) in [7, 11) is -2.51. The van der Waals surface area contributed by atoms with Crippen molar-refractivity contribution in [3.8, 4) is 5.75 Å². The smallest absolute Gasteiger partial charge is 0.262 e. The summed E-state index contributed by atoms with van der Waals surface area (Å²) in [4.78, 5) is 15.0. The lowest BCUT2D eigenvalue weighted by Gasteiger charge is -2.24. The molecule has 3 aromatic rings. The SMILES string of the molecule is COc1ccc(Cl)cc1NS(=O)(=O)c1cccc(C(=O)N2CCCC2c2ccsc2)c1. The van der Waals surface area contributed by atoms with E-state index in [0.29, 0.717) is 22.9 Å². The number of sulfonamides is 1. The highest BCUT2D eigenvalue weighted by Crippen LogP contribution is 2.35. The third-order valence-electron chi connectivity index (χ3n) is 5.24. The molecule has 0 spiro atoms. The molecule has 0 saturated carbocycles. The van der Waals surface area contributed by atoms with Crippen LogP contribution < -0.4 is 9.46 Å². The lowest BCUT2D eigenvalue weighted by atomic mass is 10.1. The van der Waals surface area contributed by atoms with Crippen molar-refractivity contribution in [1.29, 1.82) is 0 Å². The summed E-state index contributed by atoms with van der Waals surface area (Å²) >= 11 is 7.61. The van der Waals surface area contributed by atoms with Gasteiger partial charge >= 0.3 is 0 Å². The normalized spacial score (nSPS) is 16.3. The van der Waals surface area contributed by atoms with Crippen LogP contribution in [0.3, 0.4) is 0 Å². The van der Waals surface area contributed by atoms with Crippen LogP contribution in [0.4, 0.5) is 5.69 Å². The number of nitrogens with zero attached hydrogens (tertiary/aromatic N) is 1. The second-order valence-electron chi connectivity index (χ2n) is 7.19. The van der Waals surface area contributed by atoms with Crippen LogP contribution in [-0.2, 0) is 10.0 Å². The van der Waals surface area contributed by atoms with E-state index in [1.54, 1.807) is 35.6 Å². The van der Waals surface area contributed by atoms with E-state index in [1.165, 1.54) is 25.3 Å². The minimum atomic E-state index is -3.96. The van der Waals surface area contributed by atoms with Gasteiger partial charge in [0.05, 0.1) is 23.7 Å². The largest absolute Gasteiger partial charge is 0.495 e. The van der Waals surface area contributed by atoms with Gasteiger partial charge in [-0.25, -0.2) is 8.42 Å². The summed E-state index contributed by atoms with van der Waals surface area (Å²) in [5, 5.41) is 4.43. The van der Waals surface area contributed by atoms with Crippen LogP contribution >= 0.6 is 22.9 Å². The van der Waals surface area contributed by atoms with Gasteiger partial charge in [0.15, 0.2) is 0 Å². The minimum Gasteiger partial charge on any atom is -0.495 e. The first kappa shape index (κ1) is 21.7. The Hall–Kier alpha value is -2.55. The van der Waals surface area contributed by atoms with Crippen molar-refractivity contribution in [3.05, 3.63) is 75.4 Å². The number of amides is 1. The summed E-state index contributed by atoms with van der Waals surface area (Å²) in [6.07, 6.45) is 1.82. The second kappa shape index (κ2) is 8.90. The number of carbonyl (C=O) groups is 1. The molecule has 1 fully saturated rings. The maximum Gasteiger partial charge on any atom is 0.262 e. The van der Waals surface area contributed by atoms with Crippen molar-refractivity contribution in [2.75, 3.05) is 18.4 Å². The van der Waals surface area contributed by atoms with E-state index in [-0.39, 0.29) is 22.5 Å². The first-order valence-electron chi connectivity index (χ1n) is 9.68. The molecule has 9 heteroatoms. The van der Waals surface area contributed by atoms with E-state index in [1.807, 2.05) is 16.3 Å². The van der Waals surface area contributed by atoms with Gasteiger partial charge in [-0.15, -0.1) is 0 Å². The van der Waals surface area contributed by atoms with Crippen molar-refractivity contribution >= 4 is 44.6 Å². The van der Waals surface area contributed by atoms with Crippen LogP contribution in [0, 0.1) is 0 Å². The predicted molar refractivity (Wildman–Crippen MR) is 123 cm³/mol. The number of nitrogens with one attached hydrogen (secondary N) is 1. The molecule has 1 amide bonds. The fraction of sp³-hybridized carbons (Fsp3) is 0.227. The number of methoxy groups -OCH3 is 1. The highest BCUT2D eigenvalue weighted by molar-refractivity contribution is 7.92. The standard InChI is InChI=1S/C22H21ClN2O4S2/c1-29-21-8-7-17(23)13-19(21)24-31(27,28)18-5-2-4-15(12-18)22(26)25-10-3-6-20(25)16-9-11-30-14-16/h2,4-5,7-9,11-14,20,24H,3,6,10H2,1H3. The summed E-state index contributed by atoms with van der Waals surface area (Å²) in [5.74, 6) is 0.168. The van der Waals surface area contributed by atoms with Crippen LogP contribution in [-0.4, -0.2) is 32.9 Å². The average molecular weight is 477 g/mol. The number of carbonyl (C=O) groups excluding carboxylic acids is 1. The van der Waals surface area contributed by atoms with Gasteiger partial charge in [0.2, 0.25) is 0 Å². The molecule has 0 radical (unpaired) electrons. The van der Waals surface area contributed by atoms with Crippen molar-refractivity contribution < 1.29 is 17.9 Å². The molecule has 0 aliphatic carbocycles. The van der Waals surface area contributed by atoms with E-state index < -0.39 is 10.0 Å². The van der Waals surface area contributed by atoms with E-state index in [2.05, 4.69) is 10.1 Å². The highest BCUT2D eigenvalue weighted by atomic mass is 35.5. The van der Waals surface area contributed by atoms with Crippen molar-refractivity contribution in [3.63, 3.8) is 0 Å². The molecule has 1 aliphatic rings. The number of likely N-dealkylation sites (tertiary alicyclic amines) is 1. The summed E-state index contributed by atoms with van der Waals surface area (Å²) in [6, 6.07) is 12.8. The first-order chi connectivity index (χ1) is 14.9. The third-order valence-corrected chi connectivity index (χ3v) is 7.54. The Morgan fingerprint density at radius 3 is 2.81 bits per heavy atom. The van der Waals surface area contributed by atoms with Gasteiger partial charge in [0.1, 0.15) is 5.75 Å². The van der Waals surface area contributed by atoms with E-state index >= 15 is 0 Å². The molecule has 31 heavy (non-hydrogen) atoms. The van der Waals surface area contributed by atoms with Crippen LogP contribution in [0.1, 0.15) is 34.8 Å². The van der Waals surface area contributed by atoms with Crippen LogP contribution in [0.5, 0.6) is 5.75 Å². The lowest BCUT2D eigenvalue weighted by molar-refractivity contribution is 0.0735. The number of thiophene rings is 1. The molecule has 1 aromatic heterocycles. The molecule has 6 nitrogen and oxygen atoms in total. The summed E-state index contributed by atoms with van der Waals surface area (Å²) < 4.78 is 33.7. The van der Waals surface area contributed by atoms with Gasteiger partial charge in [-0.3, -0.25) is 9.52 Å². The Kier molecular flexibility index (Phi) is 6.22. The van der Waals surface area contributed by atoms with Crippen LogP contribution in [0.15, 0.2) is 64.2 Å². The molecule has 162 valence electrons. The van der Waals surface area contributed by atoms with Crippen molar-refractivity contribution in [2.45, 2.75) is 23.8 Å². The zero-order chi connectivity index (χ0) is 22.0. The molecular weight excluding hydrogens is 456 g/mol. The number of hydrogen-bond acceptors (Lipinski definition) is 5. The molecule has 0 bridgehead atoms. The Bertz CT molecular complexity index is 1200. The monoisotopic (exact) mass is 476 g/mol. The van der Waals surface area contributed by atoms with Gasteiger partial charge in [-0.2, -0.15) is 11.3 Å². The molecule has 4 rings (SSSR count). The Morgan fingerprint density at radius 2 is 2.06 bits per heavy atom. The Morgan fingerprint density at radius 1 is 1.23 bits per heavy atom. The summed E-state index contributed by atoms with van der Waals surface area (Å²) in [6.45, 7) is 0.647. The Labute approximate surface area is 190 Å². The molecule has 1 N–H and O–H groups in total. The van der Waals surface area contributed by atoms with Crippen molar-refractivity contribution in [1.82, 2.24) is 4.90 Å². The van der Waals surface area contributed by atoms with E-state index in [0.717, 1.165) is 18.4 Å². The van der Waals surface area contributed by atoms with E-state index in [4.69, 9.17) is 16.3 Å². The van der Waals surface area contributed by atoms with Gasteiger partial charge in [-0.1, -0.05) is 17.7 Å². The van der Waals surface area contributed by atoms with Crippen LogP contribution in [0.2, 0.25) is 5.02 Å². The molecule has 2 heterocycles. The number of halogens is 1. The quantitative estimate of drug-likeness (QED) is 0.531. The molecule has 1 saturated heterocycles. The fourth-order valence-electron chi connectivity index (χ4n) is 3.75. The Balaban J connectivity index is 1.61. The molecule has 1 aliphatic heterocycles. The highest BCUT2D eigenvalue weighted by Gasteiger charge is 2.31. The summed E-state index contributed by atoms with van der Waals surface area (Å²) in [5.41, 5.74) is 1.68. The molecular formula is C22H21ClN2O4S2. The number of rotatable bonds is 6. The second-order valence-corrected chi connectivity index (χ2v) is 10.1. The lowest BCUT2D eigenvalue weighted by Crippen LogP contribution is -2.30. The number of benzene rings is 2. The number of anilines is 1. The van der Waals surface area contributed by atoms with E-state index in [9.17, 15) is 13.2 Å². The first-order valence-corrected chi connectivity index (χ1v) is 12.5. The predicted octanol–water partition coefficient (Wildman–Crippen LogP) is 5.19. The van der Waals surface area contributed by atoms with Gasteiger partial charge < -0.3 is 9.64 Å². The van der Waals surface area contributed by atoms with Gasteiger partial charge in [0.25, 0.3) is 15.9 Å². The molecule has 1 atom stereocenters. The zero-order valence-corrected chi connectivity index (χ0v) is 19.1. The topological polar surface area (TPSA) is 75.7 Å². The maximum atomic E-state index is 13.2. The van der Waals surface area contributed by atoms with Gasteiger partial charge in [-0.05, 0) is 71.6 Å². The van der Waals surface area contributed by atoms with Gasteiger partial charge in [0, 0.05) is 17.1 Å². The minimum absolute atomic E-state index is 0.00772. The fourth-order valence-corrected chi connectivity index (χ4v) is 5.73. The van der Waals surface area contributed by atoms with Crippen LogP contribution in [0.25, 0.3) is 0 Å². The number of hydrogen-bond donors (Lipinski definition) is 1. The zero-order valence-electron chi connectivity index (χ0n) is 16.7.